The van der Waals surface area contributed by atoms with Gasteiger partial charge in [0.1, 0.15) is 29.1 Å². The topological polar surface area (TPSA) is 173 Å². The number of rotatable bonds is 12. The molecule has 4 aromatic carbocycles. The van der Waals surface area contributed by atoms with E-state index in [9.17, 15) is 19.2 Å². The van der Waals surface area contributed by atoms with Crippen molar-refractivity contribution in [1.29, 1.82) is 0 Å². The summed E-state index contributed by atoms with van der Waals surface area (Å²) >= 11 is 0. The molecule has 2 aliphatic heterocycles. The summed E-state index contributed by atoms with van der Waals surface area (Å²) in [5, 5.41) is 7.12. The van der Waals surface area contributed by atoms with Crippen molar-refractivity contribution in [3.8, 4) is 33.8 Å². The number of carbonyl (C=O) groups excluding carboxylic acids is 4. The zero-order chi connectivity index (χ0) is 46.6. The predicted molar refractivity (Wildman–Crippen MR) is 248 cm³/mol. The number of likely N-dealkylation sites (tertiary alicyclic amines) is 2. The van der Waals surface area contributed by atoms with Gasteiger partial charge in [0.05, 0.1) is 30.3 Å². The van der Waals surface area contributed by atoms with Gasteiger partial charge in [0, 0.05) is 18.7 Å². The molecule has 342 valence electrons. The highest BCUT2D eigenvalue weighted by Crippen LogP contribution is 2.38. The van der Waals surface area contributed by atoms with Crippen molar-refractivity contribution in [2.75, 3.05) is 13.1 Å². The van der Waals surface area contributed by atoms with E-state index in [1.54, 1.807) is 36.8 Å². The van der Waals surface area contributed by atoms with Gasteiger partial charge in [-0.25, -0.2) is 9.78 Å². The predicted octanol–water partition coefficient (Wildman–Crippen LogP) is 9.90. The molecule has 0 radical (unpaired) electrons. The van der Waals surface area contributed by atoms with Crippen molar-refractivity contribution >= 4 is 23.9 Å². The number of carbonyl (C=O) groups is 4. The summed E-state index contributed by atoms with van der Waals surface area (Å²) in [6.45, 7) is 11.8. The minimum atomic E-state index is -0.916. The number of esters is 1. The lowest BCUT2D eigenvalue weighted by Crippen LogP contribution is -2.44. The van der Waals surface area contributed by atoms with Gasteiger partial charge >= 0.3 is 12.1 Å². The quantitative estimate of drug-likeness (QED) is 0.113. The van der Waals surface area contributed by atoms with Gasteiger partial charge in [-0.05, 0) is 95.0 Å². The third-order valence-electron chi connectivity index (χ3n) is 11.7. The van der Waals surface area contributed by atoms with Crippen LogP contribution in [0.2, 0.25) is 0 Å². The van der Waals surface area contributed by atoms with E-state index < -0.39 is 41.3 Å². The van der Waals surface area contributed by atoms with Crippen LogP contribution in [0.1, 0.15) is 121 Å². The van der Waals surface area contributed by atoms with E-state index in [0.717, 1.165) is 52.8 Å². The lowest BCUT2D eigenvalue weighted by molar-refractivity contribution is -0.157. The van der Waals surface area contributed by atoms with Crippen LogP contribution in [0.25, 0.3) is 33.8 Å². The first-order chi connectivity index (χ1) is 31.6. The number of ether oxygens (including phenoxy) is 2. The molecule has 0 spiro atoms. The Morgan fingerprint density at radius 3 is 1.85 bits per heavy atom. The van der Waals surface area contributed by atoms with Crippen LogP contribution in [0.4, 0.5) is 4.79 Å². The molecule has 8 rings (SSSR count). The maximum atomic E-state index is 14.2. The standard InChI is InChI=1S/C52H57N7O7/c1-51(2,3)64-43(60)31-39(35-15-9-7-10-16-35)48(61)59-30-14-20-42(59)47-56-45(57-66-47)38-27-23-34(24-28-38)33-21-25-36(26-22-33)40-32-53-46(54-40)41-19-13-29-58(41)49(62)44(37-17-11-8-12-18-37)55-50(63)65-52(4,5)6/h7-12,15-18,21-28,32,39,41-42,44H,13-14,19-20,29-31H2,1-6H3,(H,53,54)(H,55,63)/t39-,41+,42+,44-/m1/s1. The van der Waals surface area contributed by atoms with E-state index in [-0.39, 0.29) is 24.3 Å². The second kappa shape index (κ2) is 19.2. The van der Waals surface area contributed by atoms with Crippen molar-refractivity contribution in [3.63, 3.8) is 0 Å². The zero-order valence-electron chi connectivity index (χ0n) is 38.3. The fourth-order valence-corrected chi connectivity index (χ4v) is 8.70. The fourth-order valence-electron chi connectivity index (χ4n) is 8.70. The largest absolute Gasteiger partial charge is 0.460 e. The Kier molecular flexibility index (Phi) is 13.2. The zero-order valence-corrected chi connectivity index (χ0v) is 38.3. The van der Waals surface area contributed by atoms with Crippen LogP contribution in [0.3, 0.4) is 0 Å². The number of hydrogen-bond donors (Lipinski definition) is 2. The first-order valence-corrected chi connectivity index (χ1v) is 22.6. The summed E-state index contributed by atoms with van der Waals surface area (Å²) in [5.41, 5.74) is 4.59. The van der Waals surface area contributed by atoms with Crippen LogP contribution in [0, 0.1) is 0 Å². The maximum Gasteiger partial charge on any atom is 0.408 e. The molecule has 0 bridgehead atoms. The van der Waals surface area contributed by atoms with Gasteiger partial charge in [0.2, 0.25) is 17.6 Å². The Morgan fingerprint density at radius 2 is 1.24 bits per heavy atom. The number of H-pyrrole nitrogens is 1. The van der Waals surface area contributed by atoms with Crippen LogP contribution >= 0.6 is 0 Å². The van der Waals surface area contributed by atoms with Gasteiger partial charge in [-0.3, -0.25) is 14.4 Å². The molecule has 4 heterocycles. The Balaban J connectivity index is 0.922. The van der Waals surface area contributed by atoms with Crippen LogP contribution < -0.4 is 5.32 Å². The number of imidazole rings is 1. The number of nitrogens with zero attached hydrogens (tertiary/aromatic N) is 5. The molecule has 4 atom stereocenters. The molecule has 2 saturated heterocycles. The third-order valence-corrected chi connectivity index (χ3v) is 11.7. The molecule has 3 amide bonds. The SMILES string of the molecule is CC(C)(C)OC(=O)C[C@@H](C(=O)N1CCC[C@H]1c1nc(-c2ccc(-c3ccc(-c4cnc([C@@H]5CCCN5C(=O)[C@H](NC(=O)OC(C)(C)C)c5ccccc5)[nH]4)cc3)cc2)no1)c1ccccc1. The van der Waals surface area contributed by atoms with Gasteiger partial charge in [0.25, 0.3) is 5.91 Å². The summed E-state index contributed by atoms with van der Waals surface area (Å²) in [6, 6.07) is 33.0. The summed E-state index contributed by atoms with van der Waals surface area (Å²) in [7, 11) is 0. The minimum Gasteiger partial charge on any atom is -0.460 e. The van der Waals surface area contributed by atoms with Gasteiger partial charge in [-0.1, -0.05) is 114 Å². The molecular weight excluding hydrogens is 835 g/mol. The number of hydrogen-bond acceptors (Lipinski definition) is 10. The first-order valence-electron chi connectivity index (χ1n) is 22.6. The normalized spacial score (nSPS) is 17.3. The first kappa shape index (κ1) is 45.5. The average molecular weight is 892 g/mol. The number of aromatic amines is 1. The number of aromatic nitrogens is 4. The molecule has 2 aromatic heterocycles. The lowest BCUT2D eigenvalue weighted by Gasteiger charge is -2.29. The molecular formula is C52H57N7O7. The Hall–Kier alpha value is -7.09. The van der Waals surface area contributed by atoms with E-state index in [1.807, 2.05) is 130 Å². The molecule has 2 fully saturated rings. The van der Waals surface area contributed by atoms with Crippen LogP contribution in [0.5, 0.6) is 0 Å². The number of nitrogens with one attached hydrogen (secondary N) is 2. The number of amides is 3. The second-order valence-corrected chi connectivity index (χ2v) is 18.9. The summed E-state index contributed by atoms with van der Waals surface area (Å²) < 4.78 is 16.9. The summed E-state index contributed by atoms with van der Waals surface area (Å²) in [4.78, 5) is 70.7. The average Bonchev–Trinajstić information content (AvgIpc) is 4.14. The maximum absolute atomic E-state index is 14.2. The molecule has 2 N–H and O–H groups in total. The van der Waals surface area contributed by atoms with E-state index >= 15 is 0 Å². The molecule has 0 saturated carbocycles. The molecule has 0 unspecified atom stereocenters. The van der Waals surface area contributed by atoms with E-state index in [4.69, 9.17) is 24.0 Å². The van der Waals surface area contributed by atoms with Crippen molar-refractivity contribution in [1.82, 2.24) is 35.2 Å². The van der Waals surface area contributed by atoms with Crippen LogP contribution in [0.15, 0.2) is 120 Å². The monoisotopic (exact) mass is 891 g/mol. The number of benzene rings is 4. The van der Waals surface area contributed by atoms with Crippen molar-refractivity contribution in [2.45, 2.75) is 109 Å². The molecule has 14 nitrogen and oxygen atoms in total. The Labute approximate surface area is 385 Å². The van der Waals surface area contributed by atoms with Gasteiger partial charge in [-0.15, -0.1) is 0 Å². The van der Waals surface area contributed by atoms with Crippen molar-refractivity contribution < 1.29 is 33.2 Å². The number of alkyl carbamates (subject to hydrolysis) is 1. The Morgan fingerprint density at radius 1 is 0.697 bits per heavy atom. The van der Waals surface area contributed by atoms with Gasteiger partial charge in [0.15, 0.2) is 0 Å². The third kappa shape index (κ3) is 10.7. The van der Waals surface area contributed by atoms with Crippen LogP contribution in [-0.4, -0.2) is 78.1 Å². The summed E-state index contributed by atoms with van der Waals surface area (Å²) in [5.74, 6) is -0.0636. The lowest BCUT2D eigenvalue weighted by atomic mass is 9.93. The minimum absolute atomic E-state index is 0.0739. The van der Waals surface area contributed by atoms with E-state index in [0.29, 0.717) is 42.6 Å². The molecule has 2 aliphatic rings. The summed E-state index contributed by atoms with van der Waals surface area (Å²) in [6.07, 6.45) is 4.03. The second-order valence-electron chi connectivity index (χ2n) is 18.9. The molecule has 0 aliphatic carbocycles. The highest BCUT2D eigenvalue weighted by Gasteiger charge is 2.40. The smallest absolute Gasteiger partial charge is 0.408 e. The van der Waals surface area contributed by atoms with Crippen LogP contribution in [-0.2, 0) is 23.9 Å². The highest BCUT2D eigenvalue weighted by molar-refractivity contribution is 5.89. The molecule has 66 heavy (non-hydrogen) atoms. The highest BCUT2D eigenvalue weighted by atomic mass is 16.6. The Bertz CT molecular complexity index is 2450. The van der Waals surface area contributed by atoms with Gasteiger partial charge in [-0.2, -0.15) is 4.98 Å². The molecule has 6 aromatic rings. The molecule has 14 heteroatoms. The van der Waals surface area contributed by atoms with Crippen molar-refractivity contribution in [3.05, 3.63) is 138 Å². The van der Waals surface area contributed by atoms with Crippen molar-refractivity contribution in [2.24, 2.45) is 0 Å². The van der Waals surface area contributed by atoms with E-state index in [1.165, 1.54) is 0 Å². The van der Waals surface area contributed by atoms with E-state index in [2.05, 4.69) is 15.5 Å². The fraction of sp³-hybridized carbons (Fsp3) is 0.365. The van der Waals surface area contributed by atoms with Gasteiger partial charge < -0.3 is 34.1 Å².